The number of carbonyl (C=O) groups is 1. The third-order valence-corrected chi connectivity index (χ3v) is 5.21. The van der Waals surface area contributed by atoms with Crippen molar-refractivity contribution in [3.05, 3.63) is 42.7 Å². The van der Waals surface area contributed by atoms with Gasteiger partial charge in [0.15, 0.2) is 0 Å². The highest BCUT2D eigenvalue weighted by Gasteiger charge is 2.25. The third-order valence-electron chi connectivity index (χ3n) is 5.21. The van der Waals surface area contributed by atoms with Gasteiger partial charge in [-0.3, -0.25) is 0 Å². The van der Waals surface area contributed by atoms with Crippen LogP contribution in [0.25, 0.3) is 22.4 Å². The van der Waals surface area contributed by atoms with E-state index in [1.54, 1.807) is 0 Å². The number of furan rings is 1. The van der Waals surface area contributed by atoms with Gasteiger partial charge in [-0.1, -0.05) is 30.3 Å². The third kappa shape index (κ3) is 5.61. The molecule has 0 spiro atoms. The number of nitrogens with one attached hydrogen (secondary N) is 1. The van der Waals surface area contributed by atoms with Gasteiger partial charge in [-0.25, -0.2) is 14.8 Å². The van der Waals surface area contributed by atoms with Crippen LogP contribution in [0.2, 0.25) is 0 Å². The molecule has 1 unspecified atom stereocenters. The summed E-state index contributed by atoms with van der Waals surface area (Å²) in [5.41, 5.74) is 1.06. The summed E-state index contributed by atoms with van der Waals surface area (Å²) in [6.07, 6.45) is 5.30. The molecule has 0 radical (unpaired) electrons. The number of fused-ring (bicyclic) bond motifs is 1. The number of benzene rings is 1. The summed E-state index contributed by atoms with van der Waals surface area (Å²) >= 11 is 0. The molecule has 7 nitrogen and oxygen atoms in total. The number of hydrogen-bond acceptors (Lipinski definition) is 7. The summed E-state index contributed by atoms with van der Waals surface area (Å²) in [7, 11) is 0. The molecule has 1 saturated carbocycles. The second kappa shape index (κ2) is 9.06. The van der Waals surface area contributed by atoms with Crippen molar-refractivity contribution in [2.24, 2.45) is 0 Å². The van der Waals surface area contributed by atoms with Gasteiger partial charge in [0.1, 0.15) is 30.1 Å². The summed E-state index contributed by atoms with van der Waals surface area (Å²) in [5.74, 6) is 1.20. The van der Waals surface area contributed by atoms with Gasteiger partial charge in [-0.2, -0.15) is 0 Å². The SMILES string of the molecule is CC(C)(C)OC(=O)COC1CCC[C@H](Nc2ncnc3oc(-c4ccccc4)cc23)C1. The molecule has 0 amide bonds. The maximum absolute atomic E-state index is 11.9. The minimum absolute atomic E-state index is 0.0142. The number of esters is 1. The van der Waals surface area contributed by atoms with Crippen molar-refractivity contribution in [2.45, 2.75) is 64.2 Å². The number of carbonyl (C=O) groups excluding carboxylic acids is 1. The first-order valence-electron chi connectivity index (χ1n) is 10.8. The average Bonchev–Trinajstić information content (AvgIpc) is 3.18. The van der Waals surface area contributed by atoms with Gasteiger partial charge >= 0.3 is 5.97 Å². The highest BCUT2D eigenvalue weighted by atomic mass is 16.6. The van der Waals surface area contributed by atoms with Gasteiger partial charge in [-0.15, -0.1) is 0 Å². The van der Waals surface area contributed by atoms with E-state index in [1.165, 1.54) is 6.33 Å². The van der Waals surface area contributed by atoms with Gasteiger partial charge in [-0.05, 0) is 52.5 Å². The lowest BCUT2D eigenvalue weighted by atomic mass is 9.92. The van der Waals surface area contributed by atoms with E-state index in [0.29, 0.717) is 5.71 Å². The van der Waals surface area contributed by atoms with Gasteiger partial charge < -0.3 is 19.2 Å². The molecule has 2 atom stereocenters. The molecule has 4 rings (SSSR count). The Morgan fingerprint density at radius 3 is 2.77 bits per heavy atom. The lowest BCUT2D eigenvalue weighted by Crippen LogP contribution is -2.34. The average molecular weight is 424 g/mol. The number of nitrogens with zero attached hydrogens (tertiary/aromatic N) is 2. The second-order valence-corrected chi connectivity index (χ2v) is 8.95. The van der Waals surface area contributed by atoms with Crippen LogP contribution in [0.1, 0.15) is 46.5 Å². The summed E-state index contributed by atoms with van der Waals surface area (Å²) in [5, 5.41) is 4.40. The first kappa shape index (κ1) is 21.3. The van der Waals surface area contributed by atoms with Crippen molar-refractivity contribution in [3.8, 4) is 11.3 Å². The molecule has 0 aliphatic heterocycles. The summed E-state index contributed by atoms with van der Waals surface area (Å²) in [6.45, 7) is 5.54. The van der Waals surface area contributed by atoms with E-state index in [1.807, 2.05) is 57.2 Å². The van der Waals surface area contributed by atoms with Crippen LogP contribution in [-0.2, 0) is 14.3 Å². The molecular weight excluding hydrogens is 394 g/mol. The fraction of sp³-hybridized carbons (Fsp3) is 0.458. The van der Waals surface area contributed by atoms with Crippen LogP contribution in [0, 0.1) is 0 Å². The van der Waals surface area contributed by atoms with E-state index in [9.17, 15) is 4.79 Å². The number of ether oxygens (including phenoxy) is 2. The summed E-state index contributed by atoms with van der Waals surface area (Å²) in [6, 6.07) is 12.1. The molecule has 31 heavy (non-hydrogen) atoms. The van der Waals surface area contributed by atoms with Gasteiger partial charge in [0.2, 0.25) is 5.71 Å². The van der Waals surface area contributed by atoms with Crippen LogP contribution in [-0.4, -0.2) is 40.3 Å². The topological polar surface area (TPSA) is 86.5 Å². The van der Waals surface area contributed by atoms with Crippen LogP contribution >= 0.6 is 0 Å². The zero-order valence-corrected chi connectivity index (χ0v) is 18.3. The number of hydrogen-bond donors (Lipinski definition) is 1. The van der Waals surface area contributed by atoms with Gasteiger partial charge in [0.25, 0.3) is 0 Å². The fourth-order valence-corrected chi connectivity index (χ4v) is 3.89. The normalized spacial score (nSPS) is 19.3. The van der Waals surface area contributed by atoms with Crippen molar-refractivity contribution in [1.82, 2.24) is 9.97 Å². The van der Waals surface area contributed by atoms with Crippen LogP contribution in [0.3, 0.4) is 0 Å². The predicted molar refractivity (Wildman–Crippen MR) is 119 cm³/mol. The number of anilines is 1. The minimum atomic E-state index is -0.501. The van der Waals surface area contributed by atoms with Crippen LogP contribution < -0.4 is 5.32 Å². The number of rotatable bonds is 6. The van der Waals surface area contributed by atoms with E-state index in [2.05, 4.69) is 15.3 Å². The van der Waals surface area contributed by atoms with Crippen molar-refractivity contribution in [1.29, 1.82) is 0 Å². The lowest BCUT2D eigenvalue weighted by molar-refractivity contribution is -0.162. The Morgan fingerprint density at radius 2 is 2.00 bits per heavy atom. The molecule has 0 bridgehead atoms. The van der Waals surface area contributed by atoms with E-state index < -0.39 is 5.60 Å². The Balaban J connectivity index is 1.40. The lowest BCUT2D eigenvalue weighted by Gasteiger charge is -2.30. The van der Waals surface area contributed by atoms with Crippen molar-refractivity contribution in [2.75, 3.05) is 11.9 Å². The molecule has 2 aromatic heterocycles. The predicted octanol–water partition coefficient (Wildman–Crippen LogP) is 4.97. The van der Waals surface area contributed by atoms with E-state index in [-0.39, 0.29) is 24.7 Å². The Hall–Kier alpha value is -2.93. The zero-order valence-electron chi connectivity index (χ0n) is 18.3. The van der Waals surface area contributed by atoms with Crippen molar-refractivity contribution >= 4 is 22.9 Å². The first-order valence-corrected chi connectivity index (χ1v) is 10.8. The fourth-order valence-electron chi connectivity index (χ4n) is 3.89. The molecular formula is C24H29N3O4. The smallest absolute Gasteiger partial charge is 0.332 e. The Labute approximate surface area is 182 Å². The quantitative estimate of drug-likeness (QED) is 0.560. The number of aromatic nitrogens is 2. The van der Waals surface area contributed by atoms with Gasteiger partial charge in [0.05, 0.1) is 11.5 Å². The molecule has 1 aliphatic carbocycles. The Bertz CT molecular complexity index is 1030. The zero-order chi connectivity index (χ0) is 21.8. The molecule has 7 heteroatoms. The van der Waals surface area contributed by atoms with Gasteiger partial charge in [0, 0.05) is 11.6 Å². The first-order chi connectivity index (χ1) is 14.9. The molecule has 3 aromatic rings. The molecule has 2 heterocycles. The highest BCUT2D eigenvalue weighted by molar-refractivity contribution is 5.89. The molecule has 164 valence electrons. The molecule has 1 aliphatic rings. The molecule has 0 saturated heterocycles. The van der Waals surface area contributed by atoms with Crippen LogP contribution in [0.5, 0.6) is 0 Å². The van der Waals surface area contributed by atoms with Crippen molar-refractivity contribution < 1.29 is 18.7 Å². The summed E-state index contributed by atoms with van der Waals surface area (Å²) in [4.78, 5) is 20.7. The second-order valence-electron chi connectivity index (χ2n) is 8.95. The van der Waals surface area contributed by atoms with E-state index in [4.69, 9.17) is 13.9 Å². The highest BCUT2D eigenvalue weighted by Crippen LogP contribution is 2.31. The van der Waals surface area contributed by atoms with Crippen LogP contribution in [0.4, 0.5) is 5.82 Å². The van der Waals surface area contributed by atoms with E-state index in [0.717, 1.165) is 48.2 Å². The summed E-state index contributed by atoms with van der Waals surface area (Å²) < 4.78 is 17.1. The monoisotopic (exact) mass is 423 g/mol. The maximum atomic E-state index is 11.9. The molecule has 1 fully saturated rings. The van der Waals surface area contributed by atoms with Crippen molar-refractivity contribution in [3.63, 3.8) is 0 Å². The maximum Gasteiger partial charge on any atom is 0.332 e. The Morgan fingerprint density at radius 1 is 1.19 bits per heavy atom. The minimum Gasteiger partial charge on any atom is -0.458 e. The largest absolute Gasteiger partial charge is 0.458 e. The standard InChI is InChI=1S/C24H29N3O4/c1-24(2,3)31-21(28)14-29-18-11-7-10-17(12-18)27-22-19-13-20(16-8-5-4-6-9-16)30-23(19)26-15-25-22/h4-6,8-9,13,15,17-18H,7,10-12,14H2,1-3H3,(H,25,26,27)/t17-,18?/m0/s1. The molecule has 1 N–H and O–H groups in total. The Kier molecular flexibility index (Phi) is 6.23. The molecule has 1 aromatic carbocycles. The van der Waals surface area contributed by atoms with Crippen LogP contribution in [0.15, 0.2) is 47.1 Å². The van der Waals surface area contributed by atoms with E-state index >= 15 is 0 Å².